The van der Waals surface area contributed by atoms with Gasteiger partial charge in [0.15, 0.2) is 5.65 Å². The Kier molecular flexibility index (Phi) is 3.62. The molecule has 118 valence electrons. The van der Waals surface area contributed by atoms with E-state index in [4.69, 9.17) is 4.98 Å². The van der Waals surface area contributed by atoms with E-state index < -0.39 is 0 Å². The van der Waals surface area contributed by atoms with Crippen molar-refractivity contribution in [3.05, 3.63) is 54.0 Å². The third kappa shape index (κ3) is 2.34. The summed E-state index contributed by atoms with van der Waals surface area (Å²) in [6.07, 6.45) is 4.26. The fourth-order valence-electron chi connectivity index (χ4n) is 3.70. The van der Waals surface area contributed by atoms with E-state index in [9.17, 15) is 0 Å². The van der Waals surface area contributed by atoms with Crippen LogP contribution in [0, 0.1) is 6.92 Å². The maximum atomic E-state index is 4.97. The lowest BCUT2D eigenvalue weighted by atomic mass is 10.1. The van der Waals surface area contributed by atoms with Gasteiger partial charge in [-0.3, -0.25) is 9.47 Å². The Bertz CT molecular complexity index is 836. The molecule has 0 saturated carbocycles. The number of fused-ring (bicyclic) bond motifs is 1. The zero-order valence-electron chi connectivity index (χ0n) is 13.7. The van der Waals surface area contributed by atoms with Crippen LogP contribution in [0.25, 0.3) is 16.9 Å². The molecule has 4 rings (SSSR count). The minimum absolute atomic E-state index is 0.383. The normalized spacial score (nSPS) is 18.8. The second-order valence-corrected chi connectivity index (χ2v) is 6.22. The van der Waals surface area contributed by atoms with Crippen LogP contribution in [0.15, 0.2) is 42.6 Å². The second kappa shape index (κ2) is 5.78. The SMILES string of the molecule is CCN1CCCC1c1nc2cccnc2n1-c1ccccc1C. The van der Waals surface area contributed by atoms with E-state index in [1.807, 2.05) is 12.3 Å². The number of rotatable bonds is 3. The van der Waals surface area contributed by atoms with Gasteiger partial charge in [-0.15, -0.1) is 0 Å². The molecule has 1 aliphatic rings. The van der Waals surface area contributed by atoms with Gasteiger partial charge in [-0.05, 0) is 56.6 Å². The lowest BCUT2D eigenvalue weighted by molar-refractivity contribution is 0.261. The first kappa shape index (κ1) is 14.4. The summed E-state index contributed by atoms with van der Waals surface area (Å²) in [5.74, 6) is 1.13. The van der Waals surface area contributed by atoms with Crippen molar-refractivity contribution in [3.8, 4) is 5.69 Å². The summed E-state index contributed by atoms with van der Waals surface area (Å²) >= 11 is 0. The molecule has 3 heterocycles. The number of para-hydroxylation sites is 1. The highest BCUT2D eigenvalue weighted by atomic mass is 15.2. The highest BCUT2D eigenvalue weighted by Crippen LogP contribution is 2.34. The summed E-state index contributed by atoms with van der Waals surface area (Å²) in [6, 6.07) is 12.9. The summed E-state index contributed by atoms with van der Waals surface area (Å²) in [4.78, 5) is 12.1. The van der Waals surface area contributed by atoms with E-state index in [0.29, 0.717) is 6.04 Å². The summed E-state index contributed by atoms with van der Waals surface area (Å²) in [7, 11) is 0. The Hall–Kier alpha value is -2.20. The number of hydrogen-bond donors (Lipinski definition) is 0. The van der Waals surface area contributed by atoms with Gasteiger partial charge in [-0.25, -0.2) is 9.97 Å². The monoisotopic (exact) mass is 306 g/mol. The van der Waals surface area contributed by atoms with E-state index in [0.717, 1.165) is 30.1 Å². The molecule has 0 amide bonds. The number of imidazole rings is 1. The summed E-state index contributed by atoms with van der Waals surface area (Å²) in [5.41, 5.74) is 4.37. The smallest absolute Gasteiger partial charge is 0.164 e. The van der Waals surface area contributed by atoms with Gasteiger partial charge in [0.25, 0.3) is 0 Å². The maximum Gasteiger partial charge on any atom is 0.164 e. The maximum absolute atomic E-state index is 4.97. The number of aryl methyl sites for hydroxylation is 1. The fraction of sp³-hybridized carbons (Fsp3) is 0.368. The third-order valence-electron chi connectivity index (χ3n) is 4.87. The minimum atomic E-state index is 0.383. The van der Waals surface area contributed by atoms with Crippen LogP contribution < -0.4 is 0 Å². The molecule has 0 N–H and O–H groups in total. The van der Waals surface area contributed by atoms with Crippen molar-refractivity contribution in [2.45, 2.75) is 32.7 Å². The molecule has 1 unspecified atom stereocenters. The molecular formula is C19H22N4. The van der Waals surface area contributed by atoms with Crippen molar-refractivity contribution in [2.75, 3.05) is 13.1 Å². The summed E-state index contributed by atoms with van der Waals surface area (Å²) in [5, 5.41) is 0. The molecule has 23 heavy (non-hydrogen) atoms. The molecule has 1 atom stereocenters. The van der Waals surface area contributed by atoms with Gasteiger partial charge >= 0.3 is 0 Å². The quantitative estimate of drug-likeness (QED) is 0.736. The van der Waals surface area contributed by atoms with E-state index in [1.165, 1.54) is 24.1 Å². The van der Waals surface area contributed by atoms with Crippen LogP contribution in [0.3, 0.4) is 0 Å². The van der Waals surface area contributed by atoms with Crippen LogP contribution in [-0.2, 0) is 0 Å². The van der Waals surface area contributed by atoms with Gasteiger partial charge in [-0.2, -0.15) is 0 Å². The zero-order chi connectivity index (χ0) is 15.8. The molecule has 3 aromatic rings. The average Bonchev–Trinajstić information content (AvgIpc) is 3.19. The van der Waals surface area contributed by atoms with Crippen LogP contribution in [0.1, 0.15) is 37.2 Å². The van der Waals surface area contributed by atoms with Crippen molar-refractivity contribution in [1.29, 1.82) is 0 Å². The number of likely N-dealkylation sites (tertiary alicyclic amines) is 1. The molecule has 4 heteroatoms. The number of benzene rings is 1. The molecule has 4 nitrogen and oxygen atoms in total. The van der Waals surface area contributed by atoms with E-state index in [2.05, 4.69) is 58.6 Å². The predicted octanol–water partition coefficient (Wildman–Crippen LogP) is 3.89. The second-order valence-electron chi connectivity index (χ2n) is 6.22. The van der Waals surface area contributed by atoms with Crippen LogP contribution in [0.4, 0.5) is 0 Å². The van der Waals surface area contributed by atoms with Crippen molar-refractivity contribution in [2.24, 2.45) is 0 Å². The lowest BCUT2D eigenvalue weighted by Gasteiger charge is -2.23. The van der Waals surface area contributed by atoms with E-state index in [-0.39, 0.29) is 0 Å². The van der Waals surface area contributed by atoms with Gasteiger partial charge in [0, 0.05) is 6.20 Å². The predicted molar refractivity (Wildman–Crippen MR) is 92.8 cm³/mol. The molecule has 0 bridgehead atoms. The summed E-state index contributed by atoms with van der Waals surface area (Å²) in [6.45, 7) is 6.61. The molecule has 1 saturated heterocycles. The standard InChI is InChI=1S/C19H22N4/c1-3-22-13-7-11-17(22)19-21-15-9-6-12-20-18(15)23(19)16-10-5-4-8-14(16)2/h4-6,8-10,12,17H,3,7,11,13H2,1-2H3. The molecule has 0 aliphatic carbocycles. The first-order valence-corrected chi connectivity index (χ1v) is 8.43. The van der Waals surface area contributed by atoms with Crippen LogP contribution in [0.2, 0.25) is 0 Å². The zero-order valence-corrected chi connectivity index (χ0v) is 13.7. The van der Waals surface area contributed by atoms with E-state index in [1.54, 1.807) is 0 Å². The van der Waals surface area contributed by atoms with Gasteiger partial charge in [0.05, 0.1) is 11.7 Å². The fourth-order valence-corrected chi connectivity index (χ4v) is 3.70. The Balaban J connectivity index is 1.97. The Labute approximate surface area is 136 Å². The molecule has 1 fully saturated rings. The highest BCUT2D eigenvalue weighted by Gasteiger charge is 2.30. The van der Waals surface area contributed by atoms with Crippen molar-refractivity contribution in [1.82, 2.24) is 19.4 Å². The molecule has 0 radical (unpaired) electrons. The first-order chi connectivity index (χ1) is 11.3. The Morgan fingerprint density at radius 3 is 2.87 bits per heavy atom. The average molecular weight is 306 g/mol. The Morgan fingerprint density at radius 1 is 1.17 bits per heavy atom. The Morgan fingerprint density at radius 2 is 2.04 bits per heavy atom. The van der Waals surface area contributed by atoms with Gasteiger partial charge in [-0.1, -0.05) is 25.1 Å². The number of aromatic nitrogens is 3. The van der Waals surface area contributed by atoms with Crippen LogP contribution in [0.5, 0.6) is 0 Å². The highest BCUT2D eigenvalue weighted by molar-refractivity contribution is 5.74. The number of pyridine rings is 1. The molecule has 2 aromatic heterocycles. The van der Waals surface area contributed by atoms with Gasteiger partial charge < -0.3 is 0 Å². The van der Waals surface area contributed by atoms with Crippen molar-refractivity contribution >= 4 is 11.2 Å². The molecule has 1 aliphatic heterocycles. The van der Waals surface area contributed by atoms with Crippen LogP contribution >= 0.6 is 0 Å². The lowest BCUT2D eigenvalue weighted by Crippen LogP contribution is -2.25. The number of nitrogens with zero attached hydrogens (tertiary/aromatic N) is 4. The largest absolute Gasteiger partial charge is 0.294 e. The van der Waals surface area contributed by atoms with Crippen LogP contribution in [-0.4, -0.2) is 32.5 Å². The molecule has 0 spiro atoms. The topological polar surface area (TPSA) is 34.0 Å². The van der Waals surface area contributed by atoms with Gasteiger partial charge in [0.1, 0.15) is 11.3 Å². The number of hydrogen-bond acceptors (Lipinski definition) is 3. The van der Waals surface area contributed by atoms with Gasteiger partial charge in [0.2, 0.25) is 0 Å². The van der Waals surface area contributed by atoms with Crippen molar-refractivity contribution < 1.29 is 0 Å². The third-order valence-corrected chi connectivity index (χ3v) is 4.87. The summed E-state index contributed by atoms with van der Waals surface area (Å²) < 4.78 is 2.27. The van der Waals surface area contributed by atoms with E-state index >= 15 is 0 Å². The van der Waals surface area contributed by atoms with Crippen molar-refractivity contribution in [3.63, 3.8) is 0 Å². The molecular weight excluding hydrogens is 284 g/mol. The minimum Gasteiger partial charge on any atom is -0.294 e. The first-order valence-electron chi connectivity index (χ1n) is 8.43. The molecule has 1 aromatic carbocycles.